The number of aromatic nitrogens is 3. The lowest BCUT2D eigenvalue weighted by molar-refractivity contribution is 0.0283. The summed E-state index contributed by atoms with van der Waals surface area (Å²) in [5, 5.41) is 3.87. The first-order valence-electron chi connectivity index (χ1n) is 9.63. The van der Waals surface area contributed by atoms with E-state index in [1.807, 2.05) is 0 Å². The number of hydrogen-bond donors (Lipinski definition) is 0. The summed E-state index contributed by atoms with van der Waals surface area (Å²) < 4.78 is 60.7. The van der Waals surface area contributed by atoms with Gasteiger partial charge in [0.05, 0.1) is 17.1 Å². The number of halogens is 3. The van der Waals surface area contributed by atoms with Crippen LogP contribution in [0.4, 0.5) is 13.6 Å². The molecular formula is C21H21ClF2N4O4S. The van der Waals surface area contributed by atoms with Gasteiger partial charge in [0.2, 0.25) is 9.84 Å². The number of ether oxygens (including phenoxy) is 1. The van der Waals surface area contributed by atoms with Crippen LogP contribution in [0.5, 0.6) is 0 Å². The second-order valence-electron chi connectivity index (χ2n) is 8.14. The molecule has 176 valence electrons. The molecule has 0 aliphatic rings. The minimum Gasteiger partial charge on any atom is -0.444 e. The average molecular weight is 499 g/mol. The van der Waals surface area contributed by atoms with E-state index in [2.05, 4.69) is 10.1 Å². The van der Waals surface area contributed by atoms with Gasteiger partial charge in [0.1, 0.15) is 22.3 Å². The van der Waals surface area contributed by atoms with Crippen LogP contribution >= 0.6 is 11.6 Å². The Labute approximate surface area is 194 Å². The van der Waals surface area contributed by atoms with Crippen molar-refractivity contribution < 1.29 is 26.7 Å². The number of benzene rings is 1. The van der Waals surface area contributed by atoms with Gasteiger partial charge >= 0.3 is 6.09 Å². The predicted octanol–water partition coefficient (Wildman–Crippen LogP) is 4.40. The molecule has 33 heavy (non-hydrogen) atoms. The Bertz CT molecular complexity index is 1290. The molecule has 1 aromatic carbocycles. The molecule has 3 aromatic rings. The summed E-state index contributed by atoms with van der Waals surface area (Å²) in [5.74, 6) is -1.85. The second kappa shape index (κ2) is 9.06. The standard InChI is InChI=1S/C21H21ClF2N4O4S/c1-21(2,3)32-20(29)27(4)12-14-10-19(33(30,31)15-6-8-18(22)25-11-15)28(26-14)17-7-5-13(23)9-16(17)24/h5-11H,12H2,1-4H3. The molecule has 0 radical (unpaired) electrons. The number of carbonyl (C=O) groups is 1. The molecule has 0 saturated heterocycles. The van der Waals surface area contributed by atoms with E-state index in [0.717, 1.165) is 23.0 Å². The Balaban J connectivity index is 2.08. The highest BCUT2D eigenvalue weighted by atomic mass is 35.5. The van der Waals surface area contributed by atoms with Crippen molar-refractivity contribution in [1.29, 1.82) is 0 Å². The molecule has 0 atom stereocenters. The van der Waals surface area contributed by atoms with Gasteiger partial charge in [0.25, 0.3) is 0 Å². The van der Waals surface area contributed by atoms with Crippen LogP contribution in [0.2, 0.25) is 5.15 Å². The number of hydrogen-bond acceptors (Lipinski definition) is 6. The quantitative estimate of drug-likeness (QED) is 0.484. The minimum atomic E-state index is -4.24. The molecule has 12 heteroatoms. The fraction of sp³-hybridized carbons (Fsp3) is 0.286. The summed E-state index contributed by atoms with van der Waals surface area (Å²) in [6, 6.07) is 6.41. The normalized spacial score (nSPS) is 12.0. The summed E-state index contributed by atoms with van der Waals surface area (Å²) in [7, 11) is -2.79. The highest BCUT2D eigenvalue weighted by Crippen LogP contribution is 2.27. The zero-order valence-electron chi connectivity index (χ0n) is 18.2. The highest BCUT2D eigenvalue weighted by Gasteiger charge is 2.28. The molecule has 2 aromatic heterocycles. The van der Waals surface area contributed by atoms with E-state index in [1.165, 1.54) is 30.1 Å². The van der Waals surface area contributed by atoms with Crippen LogP contribution in [0.25, 0.3) is 5.69 Å². The summed E-state index contributed by atoms with van der Waals surface area (Å²) in [6.45, 7) is 4.98. The molecule has 0 aliphatic carbocycles. The highest BCUT2D eigenvalue weighted by molar-refractivity contribution is 7.91. The number of pyridine rings is 1. The molecule has 0 fully saturated rings. The van der Waals surface area contributed by atoms with Crippen LogP contribution in [0.3, 0.4) is 0 Å². The van der Waals surface area contributed by atoms with E-state index >= 15 is 0 Å². The average Bonchev–Trinajstić information content (AvgIpc) is 3.11. The maximum atomic E-state index is 14.5. The van der Waals surface area contributed by atoms with Crippen molar-refractivity contribution in [2.75, 3.05) is 7.05 Å². The molecular weight excluding hydrogens is 478 g/mol. The van der Waals surface area contributed by atoms with Crippen molar-refractivity contribution in [3.05, 3.63) is 65.1 Å². The van der Waals surface area contributed by atoms with Crippen molar-refractivity contribution in [2.24, 2.45) is 0 Å². The van der Waals surface area contributed by atoms with Crippen LogP contribution in [0.1, 0.15) is 26.5 Å². The van der Waals surface area contributed by atoms with Crippen LogP contribution in [0, 0.1) is 11.6 Å². The van der Waals surface area contributed by atoms with Gasteiger partial charge in [-0.05, 0) is 45.0 Å². The van der Waals surface area contributed by atoms with Gasteiger partial charge in [-0.25, -0.2) is 31.7 Å². The monoisotopic (exact) mass is 498 g/mol. The molecule has 0 aliphatic heterocycles. The predicted molar refractivity (Wildman–Crippen MR) is 116 cm³/mol. The van der Waals surface area contributed by atoms with Crippen molar-refractivity contribution in [1.82, 2.24) is 19.7 Å². The molecule has 0 saturated carbocycles. The lowest BCUT2D eigenvalue weighted by Gasteiger charge is -2.24. The third kappa shape index (κ3) is 5.66. The SMILES string of the molecule is CN(Cc1cc(S(=O)(=O)c2ccc(Cl)nc2)n(-c2ccc(F)cc2F)n1)C(=O)OC(C)(C)C. The zero-order valence-corrected chi connectivity index (χ0v) is 19.8. The number of carbonyl (C=O) groups excluding carboxylic acids is 1. The number of sulfone groups is 1. The van der Waals surface area contributed by atoms with Crippen LogP contribution in [-0.2, 0) is 21.1 Å². The van der Waals surface area contributed by atoms with Gasteiger partial charge in [0, 0.05) is 25.4 Å². The van der Waals surface area contributed by atoms with Gasteiger partial charge in [0.15, 0.2) is 10.8 Å². The molecule has 0 N–H and O–H groups in total. The zero-order chi connectivity index (χ0) is 24.6. The van der Waals surface area contributed by atoms with Gasteiger partial charge < -0.3 is 9.64 Å². The summed E-state index contributed by atoms with van der Waals surface area (Å²) >= 11 is 5.75. The third-order valence-electron chi connectivity index (χ3n) is 4.26. The van der Waals surface area contributed by atoms with Gasteiger partial charge in [-0.15, -0.1) is 0 Å². The van der Waals surface area contributed by atoms with E-state index in [-0.39, 0.29) is 28.0 Å². The first-order valence-corrected chi connectivity index (χ1v) is 11.5. The van der Waals surface area contributed by atoms with E-state index in [1.54, 1.807) is 20.8 Å². The van der Waals surface area contributed by atoms with Crippen molar-refractivity contribution in [3.8, 4) is 5.69 Å². The fourth-order valence-electron chi connectivity index (χ4n) is 2.79. The van der Waals surface area contributed by atoms with E-state index in [4.69, 9.17) is 16.3 Å². The molecule has 0 spiro atoms. The smallest absolute Gasteiger partial charge is 0.410 e. The summed E-state index contributed by atoms with van der Waals surface area (Å²) in [6.07, 6.45) is 0.402. The molecule has 1 amide bonds. The Hall–Kier alpha value is -3.05. The number of nitrogens with zero attached hydrogens (tertiary/aromatic N) is 4. The van der Waals surface area contributed by atoms with Crippen molar-refractivity contribution in [2.45, 2.75) is 42.8 Å². The summed E-state index contributed by atoms with van der Waals surface area (Å²) in [5.41, 5.74) is -0.895. The van der Waals surface area contributed by atoms with Crippen molar-refractivity contribution in [3.63, 3.8) is 0 Å². The number of rotatable bonds is 5. The van der Waals surface area contributed by atoms with Gasteiger partial charge in [-0.3, -0.25) is 0 Å². The lowest BCUT2D eigenvalue weighted by Crippen LogP contribution is -2.33. The Morgan fingerprint density at radius 2 is 1.88 bits per heavy atom. The van der Waals surface area contributed by atoms with Crippen molar-refractivity contribution >= 4 is 27.5 Å². The van der Waals surface area contributed by atoms with Gasteiger partial charge in [-0.2, -0.15) is 5.10 Å². The van der Waals surface area contributed by atoms with Crippen LogP contribution in [0.15, 0.2) is 52.5 Å². The molecule has 2 heterocycles. The van der Waals surface area contributed by atoms with Crippen LogP contribution < -0.4 is 0 Å². The first-order chi connectivity index (χ1) is 15.3. The lowest BCUT2D eigenvalue weighted by atomic mass is 10.2. The Morgan fingerprint density at radius 3 is 2.45 bits per heavy atom. The first kappa shape index (κ1) is 24.6. The fourth-order valence-corrected chi connectivity index (χ4v) is 4.24. The van der Waals surface area contributed by atoms with Gasteiger partial charge in [-0.1, -0.05) is 11.6 Å². The second-order valence-corrected chi connectivity index (χ2v) is 10.4. The van der Waals surface area contributed by atoms with E-state index in [0.29, 0.717) is 6.07 Å². The topological polar surface area (TPSA) is 94.4 Å². The molecule has 0 bridgehead atoms. The maximum absolute atomic E-state index is 14.5. The molecule has 0 unspecified atom stereocenters. The Kier molecular flexibility index (Phi) is 6.75. The maximum Gasteiger partial charge on any atom is 0.410 e. The van der Waals surface area contributed by atoms with E-state index < -0.39 is 38.2 Å². The van der Waals surface area contributed by atoms with Crippen LogP contribution in [-0.4, -0.2) is 46.8 Å². The largest absolute Gasteiger partial charge is 0.444 e. The molecule has 8 nitrogen and oxygen atoms in total. The van der Waals surface area contributed by atoms with E-state index in [9.17, 15) is 22.0 Å². The Morgan fingerprint density at radius 1 is 1.18 bits per heavy atom. The number of amides is 1. The minimum absolute atomic E-state index is 0.0895. The molecule has 3 rings (SSSR count). The summed E-state index contributed by atoms with van der Waals surface area (Å²) in [4.78, 5) is 17.1. The third-order valence-corrected chi connectivity index (χ3v) is 6.18.